The number of benzene rings is 1. The number of hydrogen-bond donors (Lipinski definition) is 2. The number of rotatable bonds is 5. The van der Waals surface area contributed by atoms with E-state index in [4.69, 9.17) is 0 Å². The summed E-state index contributed by atoms with van der Waals surface area (Å²) in [5.74, 6) is 0.540. The molecule has 22 heavy (non-hydrogen) atoms. The largest absolute Gasteiger partial charge is 0.394 e. The van der Waals surface area contributed by atoms with Crippen LogP contribution in [0.1, 0.15) is 45.6 Å². The van der Waals surface area contributed by atoms with Gasteiger partial charge in [0.2, 0.25) is 5.91 Å². The van der Waals surface area contributed by atoms with Gasteiger partial charge in [0.25, 0.3) is 0 Å². The molecule has 0 radical (unpaired) electrons. The Hall–Kier alpha value is -1.35. The zero-order valence-electron chi connectivity index (χ0n) is 14.0. The van der Waals surface area contributed by atoms with Crippen molar-refractivity contribution in [3.63, 3.8) is 0 Å². The van der Waals surface area contributed by atoms with Gasteiger partial charge in [-0.15, -0.1) is 0 Å². The summed E-state index contributed by atoms with van der Waals surface area (Å²) < 4.78 is 0. The van der Waals surface area contributed by atoms with Crippen molar-refractivity contribution in [2.45, 2.75) is 52.5 Å². The summed E-state index contributed by atoms with van der Waals surface area (Å²) in [7, 11) is 0. The molecule has 3 atom stereocenters. The lowest BCUT2D eigenvalue weighted by Gasteiger charge is -2.42. The summed E-state index contributed by atoms with van der Waals surface area (Å²) in [6.45, 7) is 6.54. The van der Waals surface area contributed by atoms with Gasteiger partial charge in [0.15, 0.2) is 0 Å². The highest BCUT2D eigenvalue weighted by Crippen LogP contribution is 2.43. The predicted octanol–water partition coefficient (Wildman–Crippen LogP) is 3.17. The number of amides is 1. The van der Waals surface area contributed by atoms with Gasteiger partial charge in [-0.3, -0.25) is 4.79 Å². The molecule has 1 aromatic rings. The molecule has 0 aliphatic heterocycles. The van der Waals surface area contributed by atoms with Gasteiger partial charge < -0.3 is 10.4 Å². The van der Waals surface area contributed by atoms with Crippen molar-refractivity contribution < 1.29 is 9.90 Å². The fourth-order valence-electron chi connectivity index (χ4n) is 3.94. The van der Waals surface area contributed by atoms with Gasteiger partial charge in [0, 0.05) is 5.92 Å². The third-order valence-corrected chi connectivity index (χ3v) is 5.07. The molecule has 3 unspecified atom stereocenters. The lowest BCUT2D eigenvalue weighted by Crippen LogP contribution is -2.49. The highest BCUT2D eigenvalue weighted by molar-refractivity contribution is 5.80. The summed E-state index contributed by atoms with van der Waals surface area (Å²) >= 11 is 0. The number of nitrogens with one attached hydrogen (secondary N) is 1. The van der Waals surface area contributed by atoms with Gasteiger partial charge in [0.1, 0.15) is 0 Å². The van der Waals surface area contributed by atoms with Crippen molar-refractivity contribution in [3.05, 3.63) is 35.9 Å². The summed E-state index contributed by atoms with van der Waals surface area (Å²) in [5, 5.41) is 12.7. The van der Waals surface area contributed by atoms with E-state index in [2.05, 4.69) is 26.1 Å². The van der Waals surface area contributed by atoms with E-state index in [1.54, 1.807) is 0 Å². The molecule has 0 aromatic heterocycles. The van der Waals surface area contributed by atoms with Crippen LogP contribution in [0.2, 0.25) is 0 Å². The van der Waals surface area contributed by atoms with Crippen LogP contribution in [0.3, 0.4) is 0 Å². The number of aliphatic hydroxyl groups is 1. The summed E-state index contributed by atoms with van der Waals surface area (Å²) in [6, 6.07) is 9.79. The molecule has 3 nitrogen and oxygen atoms in total. The van der Waals surface area contributed by atoms with E-state index in [-0.39, 0.29) is 29.9 Å². The molecule has 1 aliphatic rings. The topological polar surface area (TPSA) is 49.3 Å². The summed E-state index contributed by atoms with van der Waals surface area (Å²) in [6.07, 6.45) is 4.08. The van der Waals surface area contributed by atoms with Crippen LogP contribution in [0, 0.1) is 17.3 Å². The van der Waals surface area contributed by atoms with Crippen molar-refractivity contribution in [2.24, 2.45) is 17.3 Å². The van der Waals surface area contributed by atoms with Crippen LogP contribution >= 0.6 is 0 Å². The first-order valence-electron chi connectivity index (χ1n) is 8.39. The van der Waals surface area contributed by atoms with Crippen molar-refractivity contribution in [3.8, 4) is 0 Å². The van der Waals surface area contributed by atoms with E-state index in [1.807, 2.05) is 30.3 Å². The van der Waals surface area contributed by atoms with Crippen LogP contribution in [0.15, 0.2) is 30.3 Å². The van der Waals surface area contributed by atoms with Gasteiger partial charge in [-0.1, -0.05) is 57.5 Å². The number of hydrogen-bond acceptors (Lipinski definition) is 2. The molecule has 1 aromatic carbocycles. The quantitative estimate of drug-likeness (QED) is 0.878. The molecule has 1 saturated carbocycles. The molecular weight excluding hydrogens is 274 g/mol. The fraction of sp³-hybridized carbons (Fsp3) is 0.632. The van der Waals surface area contributed by atoms with Gasteiger partial charge in [0.05, 0.1) is 12.6 Å². The second kappa shape index (κ2) is 7.28. The Balaban J connectivity index is 2.02. The minimum Gasteiger partial charge on any atom is -0.394 e. The molecule has 1 fully saturated rings. The van der Waals surface area contributed by atoms with Crippen LogP contribution in [-0.4, -0.2) is 23.7 Å². The first-order valence-corrected chi connectivity index (χ1v) is 8.39. The number of carbonyl (C=O) groups excluding carboxylic acids is 1. The van der Waals surface area contributed by atoms with Gasteiger partial charge in [-0.25, -0.2) is 0 Å². The highest BCUT2D eigenvalue weighted by atomic mass is 16.3. The molecule has 1 amide bonds. The monoisotopic (exact) mass is 303 g/mol. The minimum atomic E-state index is -0.208. The zero-order chi connectivity index (χ0) is 16.2. The normalized spacial score (nSPS) is 25.5. The summed E-state index contributed by atoms with van der Waals surface area (Å²) in [4.78, 5) is 12.8. The second-order valence-corrected chi connectivity index (χ2v) is 7.41. The molecule has 122 valence electrons. The average molecular weight is 303 g/mol. The Kier molecular flexibility index (Phi) is 5.63. The molecule has 0 saturated heterocycles. The van der Waals surface area contributed by atoms with E-state index in [0.717, 1.165) is 18.4 Å². The Morgan fingerprint density at radius 1 is 1.36 bits per heavy atom. The van der Waals surface area contributed by atoms with Crippen LogP contribution in [0.5, 0.6) is 0 Å². The standard InChI is InChI=1S/C19H29NO2/c1-14-8-7-11-19(2,3)17(14)18(22)20-16(13-21)12-15-9-5-4-6-10-15/h4-6,9-10,14,16-17,21H,7-8,11-13H2,1-3H3,(H,20,22). The lowest BCUT2D eigenvalue weighted by molar-refractivity contribution is -0.133. The van der Waals surface area contributed by atoms with Crippen LogP contribution in [0.25, 0.3) is 0 Å². The molecule has 0 heterocycles. The molecule has 1 aliphatic carbocycles. The maximum absolute atomic E-state index is 12.8. The SMILES string of the molecule is CC1CCCC(C)(C)C1C(=O)NC(CO)Cc1ccccc1. The smallest absolute Gasteiger partial charge is 0.224 e. The third-order valence-electron chi connectivity index (χ3n) is 5.07. The van der Waals surface area contributed by atoms with Gasteiger partial charge >= 0.3 is 0 Å². The Labute approximate surface area is 134 Å². The summed E-state index contributed by atoms with van der Waals surface area (Å²) in [5.41, 5.74) is 1.17. The van der Waals surface area contributed by atoms with Crippen molar-refractivity contribution in [1.82, 2.24) is 5.32 Å². The van der Waals surface area contributed by atoms with E-state index < -0.39 is 0 Å². The van der Waals surface area contributed by atoms with Gasteiger partial charge in [-0.05, 0) is 36.2 Å². The Morgan fingerprint density at radius 3 is 2.64 bits per heavy atom. The highest BCUT2D eigenvalue weighted by Gasteiger charge is 2.41. The van der Waals surface area contributed by atoms with Crippen LogP contribution < -0.4 is 5.32 Å². The third kappa shape index (κ3) is 4.10. The Bertz CT molecular complexity index is 483. The molecule has 2 rings (SSSR count). The van der Waals surface area contributed by atoms with Crippen LogP contribution in [-0.2, 0) is 11.2 Å². The fourth-order valence-corrected chi connectivity index (χ4v) is 3.94. The van der Waals surface area contributed by atoms with E-state index in [1.165, 1.54) is 6.42 Å². The minimum absolute atomic E-state index is 0.0256. The molecule has 3 heteroatoms. The average Bonchev–Trinajstić information content (AvgIpc) is 2.46. The van der Waals surface area contributed by atoms with Crippen molar-refractivity contribution >= 4 is 5.91 Å². The maximum Gasteiger partial charge on any atom is 0.224 e. The predicted molar refractivity (Wildman–Crippen MR) is 89.4 cm³/mol. The lowest BCUT2D eigenvalue weighted by atomic mass is 9.64. The first-order chi connectivity index (χ1) is 10.4. The second-order valence-electron chi connectivity index (χ2n) is 7.41. The molecule has 0 spiro atoms. The Morgan fingerprint density at radius 2 is 2.05 bits per heavy atom. The first kappa shape index (κ1) is 17.0. The maximum atomic E-state index is 12.8. The molecule has 2 N–H and O–H groups in total. The number of aliphatic hydroxyl groups excluding tert-OH is 1. The van der Waals surface area contributed by atoms with E-state index >= 15 is 0 Å². The number of carbonyl (C=O) groups is 1. The van der Waals surface area contributed by atoms with Crippen molar-refractivity contribution in [1.29, 1.82) is 0 Å². The zero-order valence-corrected chi connectivity index (χ0v) is 14.0. The van der Waals surface area contributed by atoms with E-state index in [0.29, 0.717) is 12.3 Å². The van der Waals surface area contributed by atoms with E-state index in [9.17, 15) is 9.90 Å². The molecule has 0 bridgehead atoms. The van der Waals surface area contributed by atoms with Gasteiger partial charge in [-0.2, -0.15) is 0 Å². The van der Waals surface area contributed by atoms with Crippen LogP contribution in [0.4, 0.5) is 0 Å². The molecular formula is C19H29NO2. The van der Waals surface area contributed by atoms with Crippen molar-refractivity contribution in [2.75, 3.05) is 6.61 Å².